The summed E-state index contributed by atoms with van der Waals surface area (Å²) in [5, 5.41) is 4.69. The van der Waals surface area contributed by atoms with Gasteiger partial charge in [-0.25, -0.2) is 11.0 Å². The second-order valence-corrected chi connectivity index (χ2v) is 6.86. The maximum atomic E-state index is 4.69. The Morgan fingerprint density at radius 2 is 1.32 bits per heavy atom. The van der Waals surface area contributed by atoms with Crippen LogP contribution in [0.2, 0.25) is 0 Å². The average molecular weight is 306 g/mol. The van der Waals surface area contributed by atoms with Crippen LogP contribution in [0.1, 0.15) is 96.3 Å². The summed E-state index contributed by atoms with van der Waals surface area (Å²) >= 11 is 0. The number of nitrogens with one attached hydrogen (secondary N) is 2. The molecule has 2 N–H and O–H groups in total. The summed E-state index contributed by atoms with van der Waals surface area (Å²) in [6.45, 7) is 1.02. The Labute approximate surface area is 137 Å². The van der Waals surface area contributed by atoms with E-state index in [1.54, 1.807) is 0 Å². The quantitative estimate of drug-likeness (QED) is 0.695. The van der Waals surface area contributed by atoms with E-state index in [1.165, 1.54) is 101 Å². The van der Waals surface area contributed by atoms with Crippen molar-refractivity contribution in [2.45, 2.75) is 96.3 Å². The molecule has 3 nitrogen and oxygen atoms in total. The number of hydrazine groups is 1. The molecule has 0 unspecified atom stereocenters. The highest BCUT2D eigenvalue weighted by Gasteiger charge is 2.09. The fourth-order valence-electron chi connectivity index (χ4n) is 3.47. The Bertz CT molecular complexity index is 313. The van der Waals surface area contributed by atoms with Crippen LogP contribution in [0.25, 0.3) is 0 Å². The van der Waals surface area contributed by atoms with E-state index in [4.69, 9.17) is 0 Å². The van der Waals surface area contributed by atoms with Crippen molar-refractivity contribution < 1.29 is 0 Å². The molecule has 2 aliphatic rings. The molecule has 0 saturated heterocycles. The van der Waals surface area contributed by atoms with Crippen LogP contribution in [-0.2, 0) is 0 Å². The van der Waals surface area contributed by atoms with Crippen molar-refractivity contribution in [2.75, 3.05) is 6.54 Å². The third-order valence-corrected chi connectivity index (χ3v) is 4.90. The first kappa shape index (κ1) is 17.5. The lowest BCUT2D eigenvalue weighted by Crippen LogP contribution is -2.29. The van der Waals surface area contributed by atoms with Crippen molar-refractivity contribution in [3.63, 3.8) is 0 Å². The number of rotatable bonds is 1. The van der Waals surface area contributed by atoms with Gasteiger partial charge in [0.15, 0.2) is 0 Å². The largest absolute Gasteiger partial charge is 0.243 e. The van der Waals surface area contributed by atoms with Gasteiger partial charge in [-0.15, -0.1) is 0 Å². The first-order chi connectivity index (χ1) is 11.0. The van der Waals surface area contributed by atoms with E-state index in [1.807, 2.05) is 0 Å². The minimum absolute atomic E-state index is 1.02. The lowest BCUT2D eigenvalue weighted by atomic mass is 9.97. The van der Waals surface area contributed by atoms with Gasteiger partial charge in [0.2, 0.25) is 0 Å². The van der Waals surface area contributed by atoms with Crippen molar-refractivity contribution >= 4 is 5.71 Å². The normalized spacial score (nSPS) is 28.7. The molecule has 0 fully saturated rings. The molecule has 1 aliphatic heterocycles. The van der Waals surface area contributed by atoms with Crippen LogP contribution in [0, 0.1) is 0 Å². The smallest absolute Gasteiger partial charge is 0.0647 e. The Hall–Kier alpha value is -0.830. The van der Waals surface area contributed by atoms with Gasteiger partial charge in [-0.1, -0.05) is 57.4 Å². The fourth-order valence-corrected chi connectivity index (χ4v) is 3.47. The van der Waals surface area contributed by atoms with Gasteiger partial charge in [0, 0.05) is 6.54 Å². The van der Waals surface area contributed by atoms with Gasteiger partial charge in [-0.3, -0.25) is 0 Å². The Morgan fingerprint density at radius 3 is 2.14 bits per heavy atom. The molecule has 0 aromatic heterocycles. The number of hydrogen-bond acceptors (Lipinski definition) is 3. The van der Waals surface area contributed by atoms with Gasteiger partial charge < -0.3 is 0 Å². The fraction of sp³-hybridized carbons (Fsp3) is 0.842. The summed E-state index contributed by atoms with van der Waals surface area (Å²) < 4.78 is 0. The minimum Gasteiger partial charge on any atom is -0.243 e. The van der Waals surface area contributed by atoms with Crippen molar-refractivity contribution in [1.29, 1.82) is 0 Å². The highest BCUT2D eigenvalue weighted by atomic mass is 15.6. The molecule has 2 rings (SSSR count). The van der Waals surface area contributed by atoms with Gasteiger partial charge in [0.1, 0.15) is 0 Å². The summed E-state index contributed by atoms with van der Waals surface area (Å²) in [7, 11) is 0. The molecule has 0 amide bonds. The molecule has 126 valence electrons. The van der Waals surface area contributed by atoms with Gasteiger partial charge in [-0.05, 0) is 50.5 Å². The second-order valence-electron chi connectivity index (χ2n) is 6.86. The molecular formula is C19H35N3. The zero-order valence-corrected chi connectivity index (χ0v) is 14.3. The van der Waals surface area contributed by atoms with Crippen LogP contribution >= 0.6 is 0 Å². The number of hydrogen-bond donors (Lipinski definition) is 2. The predicted octanol–water partition coefficient (Wildman–Crippen LogP) is 5.24. The van der Waals surface area contributed by atoms with Gasteiger partial charge in [-0.2, -0.15) is 5.10 Å². The topological polar surface area (TPSA) is 36.4 Å². The van der Waals surface area contributed by atoms with E-state index in [0.717, 1.165) is 13.0 Å². The van der Waals surface area contributed by atoms with E-state index in [2.05, 4.69) is 22.1 Å². The van der Waals surface area contributed by atoms with Gasteiger partial charge in [0.25, 0.3) is 0 Å². The molecule has 1 aliphatic carbocycles. The standard InChI is InChI=1S/C19H35N3/c1-2-4-7-11-15-18(14-10-6-3-1)19-16-12-8-5-9-13-17-20-22-21-19/h14,20,22H,1-13,15-17H2/b18-14+,21-19+. The molecular weight excluding hydrogens is 270 g/mol. The first-order valence-electron chi connectivity index (χ1n) is 9.70. The maximum Gasteiger partial charge on any atom is 0.0647 e. The van der Waals surface area contributed by atoms with E-state index in [9.17, 15) is 0 Å². The monoisotopic (exact) mass is 305 g/mol. The van der Waals surface area contributed by atoms with Crippen molar-refractivity contribution in [3.8, 4) is 0 Å². The van der Waals surface area contributed by atoms with Gasteiger partial charge >= 0.3 is 0 Å². The zero-order chi connectivity index (χ0) is 15.3. The molecule has 0 aromatic carbocycles. The van der Waals surface area contributed by atoms with Crippen LogP contribution in [0.5, 0.6) is 0 Å². The SMILES string of the molecule is C1=C(/C2=N/NNCCCCCCC2)CCCCCCCCC/1. The van der Waals surface area contributed by atoms with Crippen LogP contribution in [0.4, 0.5) is 0 Å². The molecule has 0 bridgehead atoms. The summed E-state index contributed by atoms with van der Waals surface area (Å²) in [5.41, 5.74) is 9.19. The number of hydrazone groups is 1. The van der Waals surface area contributed by atoms with Crippen molar-refractivity contribution in [1.82, 2.24) is 11.0 Å². The molecule has 0 aromatic rings. The maximum absolute atomic E-state index is 4.69. The van der Waals surface area contributed by atoms with E-state index in [-0.39, 0.29) is 0 Å². The molecule has 0 radical (unpaired) electrons. The Kier molecular flexibility index (Phi) is 9.32. The number of nitrogens with zero attached hydrogens (tertiary/aromatic N) is 1. The molecule has 0 spiro atoms. The van der Waals surface area contributed by atoms with Crippen LogP contribution in [0.15, 0.2) is 16.8 Å². The molecule has 0 atom stereocenters. The summed E-state index contributed by atoms with van der Waals surface area (Å²) in [6.07, 6.45) is 22.4. The summed E-state index contributed by atoms with van der Waals surface area (Å²) in [6, 6.07) is 0. The predicted molar refractivity (Wildman–Crippen MR) is 95.9 cm³/mol. The lowest BCUT2D eigenvalue weighted by molar-refractivity contribution is 0.523. The van der Waals surface area contributed by atoms with E-state index < -0.39 is 0 Å². The lowest BCUT2D eigenvalue weighted by Gasteiger charge is -2.12. The van der Waals surface area contributed by atoms with Gasteiger partial charge in [0.05, 0.1) is 5.71 Å². The highest BCUT2D eigenvalue weighted by Crippen LogP contribution is 2.20. The minimum atomic E-state index is 1.02. The van der Waals surface area contributed by atoms with Crippen LogP contribution in [0.3, 0.4) is 0 Å². The Morgan fingerprint density at radius 1 is 0.682 bits per heavy atom. The molecule has 3 heteroatoms. The summed E-state index contributed by atoms with van der Waals surface area (Å²) in [5.74, 6) is 0. The highest BCUT2D eigenvalue weighted by molar-refractivity contribution is 5.99. The molecule has 22 heavy (non-hydrogen) atoms. The Balaban J connectivity index is 1.97. The second kappa shape index (κ2) is 11.7. The van der Waals surface area contributed by atoms with Crippen LogP contribution in [-0.4, -0.2) is 12.3 Å². The van der Waals surface area contributed by atoms with E-state index >= 15 is 0 Å². The van der Waals surface area contributed by atoms with Crippen molar-refractivity contribution in [3.05, 3.63) is 11.6 Å². The van der Waals surface area contributed by atoms with E-state index in [0.29, 0.717) is 0 Å². The third kappa shape index (κ3) is 7.44. The van der Waals surface area contributed by atoms with Crippen molar-refractivity contribution in [2.24, 2.45) is 5.10 Å². The third-order valence-electron chi connectivity index (χ3n) is 4.90. The van der Waals surface area contributed by atoms with Crippen LogP contribution < -0.4 is 11.0 Å². The average Bonchev–Trinajstić information content (AvgIpc) is 2.64. The first-order valence-corrected chi connectivity index (χ1v) is 9.70. The number of allylic oxidation sites excluding steroid dienone is 2. The molecule has 0 saturated carbocycles. The molecule has 1 heterocycles. The zero-order valence-electron chi connectivity index (χ0n) is 14.3. The summed E-state index contributed by atoms with van der Waals surface area (Å²) in [4.78, 5) is 0.